The van der Waals surface area contributed by atoms with Crippen LogP contribution in [-0.2, 0) is 9.53 Å². The molecule has 74 valence electrons. The molecule has 0 aromatic heterocycles. The topological polar surface area (TPSA) is 26.3 Å². The SMILES string of the molecule is COC(=O)C1CC(C)C2CCCC12. The Morgan fingerprint density at radius 1 is 1.31 bits per heavy atom. The van der Waals surface area contributed by atoms with Crippen LogP contribution in [0.2, 0.25) is 0 Å². The third-order valence-corrected chi connectivity index (χ3v) is 4.00. The lowest BCUT2D eigenvalue weighted by Crippen LogP contribution is -2.20. The highest BCUT2D eigenvalue weighted by Gasteiger charge is 2.46. The number of fused-ring (bicyclic) bond motifs is 1. The average molecular weight is 182 g/mol. The smallest absolute Gasteiger partial charge is 0.308 e. The van der Waals surface area contributed by atoms with E-state index in [1.807, 2.05) is 0 Å². The summed E-state index contributed by atoms with van der Waals surface area (Å²) in [5.74, 6) is 2.43. The highest BCUT2D eigenvalue weighted by Crippen LogP contribution is 2.50. The van der Waals surface area contributed by atoms with Crippen molar-refractivity contribution in [1.29, 1.82) is 0 Å². The molecule has 2 fully saturated rings. The molecule has 0 amide bonds. The highest BCUT2D eigenvalue weighted by molar-refractivity contribution is 5.73. The first-order chi connectivity index (χ1) is 6.24. The molecule has 13 heavy (non-hydrogen) atoms. The summed E-state index contributed by atoms with van der Waals surface area (Å²) in [6.45, 7) is 2.28. The zero-order valence-corrected chi connectivity index (χ0v) is 8.45. The van der Waals surface area contributed by atoms with Crippen LogP contribution in [-0.4, -0.2) is 13.1 Å². The van der Waals surface area contributed by atoms with Crippen molar-refractivity contribution in [2.24, 2.45) is 23.7 Å². The van der Waals surface area contributed by atoms with E-state index in [9.17, 15) is 4.79 Å². The quantitative estimate of drug-likeness (QED) is 0.581. The Balaban J connectivity index is 2.10. The van der Waals surface area contributed by atoms with Crippen LogP contribution in [0.1, 0.15) is 32.6 Å². The molecule has 0 bridgehead atoms. The van der Waals surface area contributed by atoms with Crippen LogP contribution in [0.5, 0.6) is 0 Å². The number of hydrogen-bond acceptors (Lipinski definition) is 2. The van der Waals surface area contributed by atoms with E-state index in [-0.39, 0.29) is 11.9 Å². The molecule has 0 radical (unpaired) electrons. The minimum atomic E-state index is 0.0289. The molecule has 0 N–H and O–H groups in total. The number of ether oxygens (including phenoxy) is 1. The van der Waals surface area contributed by atoms with Crippen molar-refractivity contribution >= 4 is 5.97 Å². The molecule has 0 aromatic rings. The molecule has 4 unspecified atom stereocenters. The molecule has 2 aliphatic carbocycles. The number of hydrogen-bond donors (Lipinski definition) is 0. The largest absolute Gasteiger partial charge is 0.469 e. The lowest BCUT2D eigenvalue weighted by molar-refractivity contribution is -0.146. The number of esters is 1. The standard InChI is InChI=1S/C11H18O2/c1-7-6-10(11(12)13-2)9-5-3-4-8(7)9/h7-10H,3-6H2,1-2H3. The number of carbonyl (C=O) groups excluding carboxylic acids is 1. The molecular formula is C11H18O2. The summed E-state index contributed by atoms with van der Waals surface area (Å²) in [4.78, 5) is 11.5. The summed E-state index contributed by atoms with van der Waals surface area (Å²) in [6, 6.07) is 0. The summed E-state index contributed by atoms with van der Waals surface area (Å²) < 4.78 is 4.85. The first-order valence-corrected chi connectivity index (χ1v) is 5.32. The molecule has 0 saturated heterocycles. The van der Waals surface area contributed by atoms with Crippen molar-refractivity contribution in [3.05, 3.63) is 0 Å². The highest BCUT2D eigenvalue weighted by atomic mass is 16.5. The predicted molar refractivity (Wildman–Crippen MR) is 50.1 cm³/mol. The number of methoxy groups -OCH3 is 1. The molecule has 2 nitrogen and oxygen atoms in total. The first kappa shape index (κ1) is 9.04. The van der Waals surface area contributed by atoms with Gasteiger partial charge in [-0.05, 0) is 37.0 Å². The Hall–Kier alpha value is -0.530. The van der Waals surface area contributed by atoms with Gasteiger partial charge in [0.1, 0.15) is 0 Å². The third kappa shape index (κ3) is 1.36. The van der Waals surface area contributed by atoms with E-state index in [0.717, 1.165) is 18.3 Å². The Kier molecular flexibility index (Phi) is 2.31. The van der Waals surface area contributed by atoms with Crippen molar-refractivity contribution in [2.75, 3.05) is 7.11 Å². The van der Waals surface area contributed by atoms with Gasteiger partial charge in [0.05, 0.1) is 13.0 Å². The number of rotatable bonds is 1. The summed E-state index contributed by atoms with van der Waals surface area (Å²) >= 11 is 0. The fraction of sp³-hybridized carbons (Fsp3) is 0.909. The van der Waals surface area contributed by atoms with Gasteiger partial charge in [-0.15, -0.1) is 0 Å². The Bertz CT molecular complexity index is 212. The average Bonchev–Trinajstić information content (AvgIpc) is 2.68. The summed E-state index contributed by atoms with van der Waals surface area (Å²) in [7, 11) is 1.51. The van der Waals surface area contributed by atoms with Gasteiger partial charge in [-0.25, -0.2) is 0 Å². The van der Waals surface area contributed by atoms with Gasteiger partial charge in [0, 0.05) is 0 Å². The van der Waals surface area contributed by atoms with Crippen molar-refractivity contribution in [3.8, 4) is 0 Å². The van der Waals surface area contributed by atoms with Gasteiger partial charge in [-0.3, -0.25) is 4.79 Å². The van der Waals surface area contributed by atoms with Gasteiger partial charge in [0.25, 0.3) is 0 Å². The van der Waals surface area contributed by atoms with E-state index >= 15 is 0 Å². The first-order valence-electron chi connectivity index (χ1n) is 5.32. The van der Waals surface area contributed by atoms with Crippen LogP contribution in [0.3, 0.4) is 0 Å². The van der Waals surface area contributed by atoms with E-state index in [4.69, 9.17) is 4.74 Å². The van der Waals surface area contributed by atoms with Crippen molar-refractivity contribution < 1.29 is 9.53 Å². The van der Waals surface area contributed by atoms with Gasteiger partial charge in [0.15, 0.2) is 0 Å². The lowest BCUT2D eigenvalue weighted by atomic mass is 9.91. The molecule has 0 heterocycles. The van der Waals surface area contributed by atoms with Crippen molar-refractivity contribution in [2.45, 2.75) is 32.6 Å². The Labute approximate surface area is 79.7 Å². The molecular weight excluding hydrogens is 164 g/mol. The van der Waals surface area contributed by atoms with Crippen molar-refractivity contribution in [1.82, 2.24) is 0 Å². The molecule has 0 aliphatic heterocycles. The van der Waals surface area contributed by atoms with Crippen molar-refractivity contribution in [3.63, 3.8) is 0 Å². The van der Waals surface area contributed by atoms with Crippen LogP contribution in [0.25, 0.3) is 0 Å². The minimum absolute atomic E-state index is 0.0289. The van der Waals surface area contributed by atoms with Gasteiger partial charge in [-0.1, -0.05) is 13.3 Å². The van der Waals surface area contributed by atoms with E-state index < -0.39 is 0 Å². The second-order valence-corrected chi connectivity index (χ2v) is 4.60. The predicted octanol–water partition coefficient (Wildman–Crippen LogP) is 2.23. The molecule has 2 heteroatoms. The van der Waals surface area contributed by atoms with Gasteiger partial charge < -0.3 is 4.74 Å². The molecule has 2 aliphatic rings. The third-order valence-electron chi connectivity index (χ3n) is 4.00. The van der Waals surface area contributed by atoms with Crippen LogP contribution in [0.4, 0.5) is 0 Å². The maximum absolute atomic E-state index is 11.5. The van der Waals surface area contributed by atoms with Crippen LogP contribution >= 0.6 is 0 Å². The lowest BCUT2D eigenvalue weighted by Gasteiger charge is -2.15. The molecule has 0 spiro atoms. The van der Waals surface area contributed by atoms with E-state index in [1.54, 1.807) is 0 Å². The number of carbonyl (C=O) groups is 1. The fourth-order valence-electron chi connectivity index (χ4n) is 3.40. The van der Waals surface area contributed by atoms with Gasteiger partial charge >= 0.3 is 5.97 Å². The van der Waals surface area contributed by atoms with E-state index in [0.29, 0.717) is 5.92 Å². The normalized spacial score (nSPS) is 43.2. The van der Waals surface area contributed by atoms with E-state index in [2.05, 4.69) is 6.92 Å². The second-order valence-electron chi connectivity index (χ2n) is 4.60. The molecule has 4 atom stereocenters. The zero-order chi connectivity index (χ0) is 9.42. The van der Waals surface area contributed by atoms with Gasteiger partial charge in [-0.2, -0.15) is 0 Å². The monoisotopic (exact) mass is 182 g/mol. The Morgan fingerprint density at radius 2 is 2.00 bits per heavy atom. The maximum Gasteiger partial charge on any atom is 0.308 e. The summed E-state index contributed by atoms with van der Waals surface area (Å²) in [5.41, 5.74) is 0. The second kappa shape index (κ2) is 3.32. The minimum Gasteiger partial charge on any atom is -0.469 e. The molecule has 2 saturated carbocycles. The zero-order valence-electron chi connectivity index (χ0n) is 8.45. The summed E-state index contributed by atoms with van der Waals surface area (Å²) in [6.07, 6.45) is 4.95. The maximum atomic E-state index is 11.5. The Morgan fingerprint density at radius 3 is 2.69 bits per heavy atom. The fourth-order valence-corrected chi connectivity index (χ4v) is 3.40. The summed E-state index contributed by atoms with van der Waals surface area (Å²) in [5, 5.41) is 0. The molecule has 2 rings (SSSR count). The van der Waals surface area contributed by atoms with E-state index in [1.165, 1.54) is 26.4 Å². The molecule has 0 aromatic carbocycles. The van der Waals surface area contributed by atoms with Crippen LogP contribution in [0.15, 0.2) is 0 Å². The van der Waals surface area contributed by atoms with Crippen LogP contribution in [0, 0.1) is 23.7 Å². The van der Waals surface area contributed by atoms with Gasteiger partial charge in [0.2, 0.25) is 0 Å². The van der Waals surface area contributed by atoms with Crippen LogP contribution < -0.4 is 0 Å².